The molecule has 0 saturated heterocycles. The van der Waals surface area contributed by atoms with E-state index in [0.717, 1.165) is 22.5 Å². The van der Waals surface area contributed by atoms with Crippen LogP contribution in [0.15, 0.2) is 53.7 Å². The van der Waals surface area contributed by atoms with Gasteiger partial charge in [0.25, 0.3) is 10.0 Å². The van der Waals surface area contributed by atoms with Crippen molar-refractivity contribution in [3.63, 3.8) is 0 Å². The van der Waals surface area contributed by atoms with E-state index in [4.69, 9.17) is 0 Å². The van der Waals surface area contributed by atoms with E-state index in [-0.39, 0.29) is 4.90 Å². The molecule has 0 spiro atoms. The summed E-state index contributed by atoms with van der Waals surface area (Å²) >= 11 is 0. The van der Waals surface area contributed by atoms with Crippen molar-refractivity contribution in [3.8, 4) is 11.4 Å². The van der Waals surface area contributed by atoms with Gasteiger partial charge in [0.2, 0.25) is 0 Å². The molecule has 0 unspecified atom stereocenters. The Bertz CT molecular complexity index is 976. The summed E-state index contributed by atoms with van der Waals surface area (Å²) in [5, 5.41) is 7.87. The molecule has 3 aromatic rings. The quantitative estimate of drug-likeness (QED) is 0.791. The van der Waals surface area contributed by atoms with Crippen LogP contribution in [0.3, 0.4) is 0 Å². The highest BCUT2D eigenvalue weighted by Crippen LogP contribution is 2.23. The monoisotopic (exact) mass is 342 g/mol. The van der Waals surface area contributed by atoms with Gasteiger partial charge in [-0.1, -0.05) is 17.7 Å². The van der Waals surface area contributed by atoms with Crippen molar-refractivity contribution in [3.05, 3.63) is 59.9 Å². The number of aryl methyl sites for hydroxylation is 3. The molecule has 2 aromatic carbocycles. The third-order valence-electron chi connectivity index (χ3n) is 3.73. The topological polar surface area (TPSA) is 76.9 Å². The van der Waals surface area contributed by atoms with Crippen molar-refractivity contribution in [2.24, 2.45) is 7.05 Å². The van der Waals surface area contributed by atoms with Gasteiger partial charge in [-0.25, -0.2) is 8.42 Å². The highest BCUT2D eigenvalue weighted by atomic mass is 32.2. The minimum Gasteiger partial charge on any atom is -0.317 e. The summed E-state index contributed by atoms with van der Waals surface area (Å²) in [7, 11) is -1.77. The number of hydrogen-bond acceptors (Lipinski definition) is 4. The van der Waals surface area contributed by atoms with Gasteiger partial charge in [-0.05, 0) is 49.7 Å². The summed E-state index contributed by atoms with van der Waals surface area (Å²) in [6, 6.07) is 12.3. The smallest absolute Gasteiger partial charge is 0.262 e. The van der Waals surface area contributed by atoms with E-state index in [1.807, 2.05) is 32.2 Å². The average Bonchev–Trinajstić information content (AvgIpc) is 2.93. The Kier molecular flexibility index (Phi) is 4.11. The lowest BCUT2D eigenvalue weighted by Gasteiger charge is -2.11. The normalized spacial score (nSPS) is 11.5. The van der Waals surface area contributed by atoms with Gasteiger partial charge >= 0.3 is 0 Å². The zero-order valence-electron chi connectivity index (χ0n) is 13.7. The molecule has 0 amide bonds. The molecule has 0 atom stereocenters. The van der Waals surface area contributed by atoms with Crippen LogP contribution in [0.5, 0.6) is 0 Å². The van der Waals surface area contributed by atoms with Crippen molar-refractivity contribution in [1.29, 1.82) is 0 Å². The number of nitrogens with one attached hydrogen (secondary N) is 1. The van der Waals surface area contributed by atoms with E-state index in [2.05, 4.69) is 14.9 Å². The standard InChI is InChI=1S/C17H18N4O2S/c1-12-4-9-16(13(2)10-12)24(22,23)20-15-7-5-14(6-8-15)17-19-18-11-21(17)3/h4-11,20H,1-3H3. The van der Waals surface area contributed by atoms with E-state index in [9.17, 15) is 8.42 Å². The molecule has 0 aliphatic heterocycles. The first-order valence-electron chi connectivity index (χ1n) is 7.41. The van der Waals surface area contributed by atoms with Crippen molar-refractivity contribution in [2.45, 2.75) is 18.7 Å². The molecule has 0 aliphatic carbocycles. The fraction of sp³-hybridized carbons (Fsp3) is 0.176. The van der Waals surface area contributed by atoms with Crippen LogP contribution in [0, 0.1) is 13.8 Å². The number of nitrogens with zero attached hydrogens (tertiary/aromatic N) is 3. The maximum atomic E-state index is 12.6. The van der Waals surface area contributed by atoms with Gasteiger partial charge in [-0.2, -0.15) is 0 Å². The highest BCUT2D eigenvalue weighted by Gasteiger charge is 2.17. The Morgan fingerprint density at radius 1 is 1.04 bits per heavy atom. The number of anilines is 1. The number of sulfonamides is 1. The van der Waals surface area contributed by atoms with Gasteiger partial charge in [-0.15, -0.1) is 10.2 Å². The molecule has 0 bridgehead atoms. The van der Waals surface area contributed by atoms with E-state index in [0.29, 0.717) is 5.69 Å². The predicted octanol–water partition coefficient (Wildman–Crippen LogP) is 2.90. The Balaban J connectivity index is 1.86. The second-order valence-electron chi connectivity index (χ2n) is 5.72. The summed E-state index contributed by atoms with van der Waals surface area (Å²) in [5.74, 6) is 0.721. The molecule has 0 radical (unpaired) electrons. The zero-order chi connectivity index (χ0) is 17.3. The summed E-state index contributed by atoms with van der Waals surface area (Å²) in [6.45, 7) is 3.72. The summed E-state index contributed by atoms with van der Waals surface area (Å²) < 4.78 is 29.5. The van der Waals surface area contributed by atoms with Crippen LogP contribution in [-0.2, 0) is 17.1 Å². The number of rotatable bonds is 4. The van der Waals surface area contributed by atoms with Crippen molar-refractivity contribution >= 4 is 15.7 Å². The first-order chi connectivity index (χ1) is 11.4. The molecule has 1 aromatic heterocycles. The molecule has 3 rings (SSSR count). The first kappa shape index (κ1) is 16.2. The Morgan fingerprint density at radius 3 is 2.33 bits per heavy atom. The molecule has 0 saturated carbocycles. The van der Waals surface area contributed by atoms with E-state index < -0.39 is 10.0 Å². The Labute approximate surface area is 141 Å². The van der Waals surface area contributed by atoms with Gasteiger partial charge in [0.15, 0.2) is 5.82 Å². The van der Waals surface area contributed by atoms with Crippen LogP contribution in [0.25, 0.3) is 11.4 Å². The summed E-state index contributed by atoms with van der Waals surface area (Å²) in [4.78, 5) is 0.283. The summed E-state index contributed by atoms with van der Waals surface area (Å²) in [5.41, 5.74) is 3.11. The van der Waals surface area contributed by atoms with Crippen molar-refractivity contribution in [2.75, 3.05) is 4.72 Å². The minimum absolute atomic E-state index is 0.283. The first-order valence-corrected chi connectivity index (χ1v) is 8.89. The number of hydrogen-bond donors (Lipinski definition) is 1. The molecule has 1 N–H and O–H groups in total. The van der Waals surface area contributed by atoms with Crippen LogP contribution in [0.1, 0.15) is 11.1 Å². The van der Waals surface area contributed by atoms with Gasteiger partial charge in [-0.3, -0.25) is 4.72 Å². The van der Waals surface area contributed by atoms with Gasteiger partial charge in [0.1, 0.15) is 6.33 Å². The molecule has 24 heavy (non-hydrogen) atoms. The lowest BCUT2D eigenvalue weighted by atomic mass is 10.2. The van der Waals surface area contributed by atoms with Gasteiger partial charge < -0.3 is 4.57 Å². The second kappa shape index (κ2) is 6.09. The lowest BCUT2D eigenvalue weighted by molar-refractivity contribution is 0.600. The Morgan fingerprint density at radius 2 is 1.75 bits per heavy atom. The molecule has 0 fully saturated rings. The molecular formula is C17H18N4O2S. The maximum Gasteiger partial charge on any atom is 0.262 e. The second-order valence-corrected chi connectivity index (χ2v) is 7.37. The van der Waals surface area contributed by atoms with E-state index in [1.165, 1.54) is 0 Å². The Hall–Kier alpha value is -2.67. The minimum atomic E-state index is -3.62. The van der Waals surface area contributed by atoms with Crippen LogP contribution in [0.4, 0.5) is 5.69 Å². The van der Waals surface area contributed by atoms with E-state index >= 15 is 0 Å². The van der Waals surface area contributed by atoms with E-state index in [1.54, 1.807) is 42.1 Å². The fourth-order valence-electron chi connectivity index (χ4n) is 2.54. The van der Waals surface area contributed by atoms with Gasteiger partial charge in [0.05, 0.1) is 4.90 Å². The molecule has 0 aliphatic rings. The van der Waals surface area contributed by atoms with Crippen LogP contribution < -0.4 is 4.72 Å². The maximum absolute atomic E-state index is 12.6. The van der Waals surface area contributed by atoms with Crippen molar-refractivity contribution in [1.82, 2.24) is 14.8 Å². The predicted molar refractivity (Wildman–Crippen MR) is 93.2 cm³/mol. The zero-order valence-corrected chi connectivity index (χ0v) is 14.5. The molecular weight excluding hydrogens is 324 g/mol. The van der Waals surface area contributed by atoms with Gasteiger partial charge in [0, 0.05) is 18.3 Å². The SMILES string of the molecule is Cc1ccc(S(=O)(=O)Nc2ccc(-c3nncn3C)cc2)c(C)c1. The molecule has 6 nitrogen and oxygen atoms in total. The molecule has 7 heteroatoms. The third kappa shape index (κ3) is 3.16. The largest absolute Gasteiger partial charge is 0.317 e. The number of benzene rings is 2. The lowest BCUT2D eigenvalue weighted by Crippen LogP contribution is -2.14. The molecule has 1 heterocycles. The van der Waals surface area contributed by atoms with Crippen LogP contribution in [0.2, 0.25) is 0 Å². The average molecular weight is 342 g/mol. The third-order valence-corrected chi connectivity index (χ3v) is 5.27. The van der Waals surface area contributed by atoms with Crippen molar-refractivity contribution < 1.29 is 8.42 Å². The summed E-state index contributed by atoms with van der Waals surface area (Å²) in [6.07, 6.45) is 1.62. The van der Waals surface area contributed by atoms with Crippen LogP contribution >= 0.6 is 0 Å². The molecule has 124 valence electrons. The fourth-order valence-corrected chi connectivity index (χ4v) is 3.83. The highest BCUT2D eigenvalue weighted by molar-refractivity contribution is 7.92. The van der Waals surface area contributed by atoms with Crippen LogP contribution in [-0.4, -0.2) is 23.2 Å². The number of aromatic nitrogens is 3.